The highest BCUT2D eigenvalue weighted by molar-refractivity contribution is 7.92. The van der Waals surface area contributed by atoms with Crippen LogP contribution < -0.4 is 9.04 Å². The Morgan fingerprint density at radius 2 is 1.84 bits per heavy atom. The summed E-state index contributed by atoms with van der Waals surface area (Å²) in [4.78, 5) is 16.3. The number of anilines is 1. The second-order valence-electron chi connectivity index (χ2n) is 7.68. The largest absolute Gasteiger partial charge is 0.489 e. The van der Waals surface area contributed by atoms with E-state index in [9.17, 15) is 13.2 Å². The van der Waals surface area contributed by atoms with Gasteiger partial charge in [-0.1, -0.05) is 30.3 Å². The number of rotatable bonds is 6. The highest BCUT2D eigenvalue weighted by Gasteiger charge is 2.32. The molecule has 4 rings (SSSR count). The molecule has 1 amide bonds. The molecule has 0 bridgehead atoms. The van der Waals surface area contributed by atoms with Gasteiger partial charge in [-0.3, -0.25) is 9.48 Å². The van der Waals surface area contributed by atoms with Gasteiger partial charge in [-0.05, 0) is 43.7 Å². The van der Waals surface area contributed by atoms with Crippen LogP contribution in [0.25, 0.3) is 10.9 Å². The lowest BCUT2D eigenvalue weighted by Gasteiger charge is -2.20. The van der Waals surface area contributed by atoms with Crippen LogP contribution in [0.1, 0.15) is 27.4 Å². The summed E-state index contributed by atoms with van der Waals surface area (Å²) in [7, 11) is -2.19. The third kappa shape index (κ3) is 4.11. The summed E-state index contributed by atoms with van der Waals surface area (Å²) in [6.45, 7) is 3.82. The van der Waals surface area contributed by atoms with Crippen molar-refractivity contribution in [3.8, 4) is 5.75 Å². The summed E-state index contributed by atoms with van der Waals surface area (Å²) < 4.78 is 33.4. The average Bonchev–Trinajstić information content (AvgIpc) is 3.28. The number of H-pyrrole nitrogens is 1. The molecule has 0 saturated heterocycles. The van der Waals surface area contributed by atoms with Crippen LogP contribution in [0.15, 0.2) is 54.6 Å². The molecule has 8 nitrogen and oxygen atoms in total. The molecule has 0 radical (unpaired) electrons. The van der Waals surface area contributed by atoms with Crippen molar-refractivity contribution in [1.82, 2.24) is 14.8 Å². The van der Waals surface area contributed by atoms with Crippen LogP contribution >= 0.6 is 0 Å². The number of aromatic nitrogens is 3. The first-order valence-corrected chi connectivity index (χ1v) is 11.8. The van der Waals surface area contributed by atoms with Crippen LogP contribution in [0, 0.1) is 13.8 Å². The fraction of sp³-hybridized carbons (Fsp3) is 0.217. The zero-order valence-corrected chi connectivity index (χ0v) is 19.1. The van der Waals surface area contributed by atoms with Crippen LogP contribution in [-0.2, 0) is 23.7 Å². The number of aryl methyl sites for hydroxylation is 2. The van der Waals surface area contributed by atoms with E-state index in [2.05, 4.69) is 10.1 Å². The first-order chi connectivity index (χ1) is 15.1. The van der Waals surface area contributed by atoms with E-state index in [0.717, 1.165) is 21.5 Å². The molecule has 0 spiro atoms. The number of sulfonamides is 1. The first-order valence-electron chi connectivity index (χ1n) is 9.99. The number of nitrogens with zero attached hydrogens (tertiary/aromatic N) is 3. The Bertz CT molecular complexity index is 1400. The molecule has 32 heavy (non-hydrogen) atoms. The van der Waals surface area contributed by atoms with Gasteiger partial charge >= 0.3 is 0 Å². The quantitative estimate of drug-likeness (QED) is 0.481. The summed E-state index contributed by atoms with van der Waals surface area (Å²) in [5.74, 6) is -0.0204. The molecule has 2 aromatic heterocycles. The van der Waals surface area contributed by atoms with Gasteiger partial charge in [0.2, 0.25) is 10.0 Å². The molecule has 0 saturated carbocycles. The third-order valence-electron chi connectivity index (χ3n) is 5.26. The van der Waals surface area contributed by atoms with Crippen LogP contribution in [0.3, 0.4) is 0 Å². The highest BCUT2D eigenvalue weighted by atomic mass is 32.2. The molecular weight excluding hydrogens is 428 g/mol. The molecule has 0 atom stereocenters. The molecule has 0 aliphatic carbocycles. The Balaban J connectivity index is 1.66. The van der Waals surface area contributed by atoms with Crippen molar-refractivity contribution in [2.75, 3.05) is 10.6 Å². The predicted molar refractivity (Wildman–Crippen MR) is 123 cm³/mol. The second kappa shape index (κ2) is 8.16. The minimum absolute atomic E-state index is 0.160. The number of aromatic amines is 1. The molecule has 0 aliphatic rings. The number of hydrogen-bond donors (Lipinski definition) is 1. The molecular formula is C23H24N4O4S. The fourth-order valence-corrected chi connectivity index (χ4v) is 4.64. The maximum atomic E-state index is 13.3. The maximum Gasteiger partial charge on any atom is 0.288 e. The first kappa shape index (κ1) is 21.6. The monoisotopic (exact) mass is 452 g/mol. The van der Waals surface area contributed by atoms with Gasteiger partial charge in [-0.2, -0.15) is 9.40 Å². The molecule has 1 N–H and O–H groups in total. The summed E-state index contributed by atoms with van der Waals surface area (Å²) in [5.41, 5.74) is 3.21. The van der Waals surface area contributed by atoms with Crippen LogP contribution in [0.4, 0.5) is 5.69 Å². The van der Waals surface area contributed by atoms with Crippen LogP contribution in [-0.4, -0.2) is 35.3 Å². The molecule has 0 aliphatic heterocycles. The second-order valence-corrected chi connectivity index (χ2v) is 9.51. The van der Waals surface area contributed by atoms with E-state index in [1.165, 1.54) is 0 Å². The number of benzene rings is 2. The average molecular weight is 453 g/mol. The summed E-state index contributed by atoms with van der Waals surface area (Å²) in [6.07, 6.45) is 1.01. The van der Waals surface area contributed by atoms with Crippen molar-refractivity contribution in [3.05, 3.63) is 77.2 Å². The van der Waals surface area contributed by atoms with E-state index < -0.39 is 15.9 Å². The van der Waals surface area contributed by atoms with Crippen molar-refractivity contribution >= 4 is 32.5 Å². The van der Waals surface area contributed by atoms with Gasteiger partial charge < -0.3 is 9.72 Å². The number of carbonyl (C=O) groups is 1. The minimum Gasteiger partial charge on any atom is -0.489 e. The SMILES string of the molecule is Cc1nn(C)c(C)c1N(C(=O)c1cc2cc(OCc3ccccc3)ccc2[nH]1)S(C)(=O)=O. The number of fused-ring (bicyclic) bond motifs is 1. The lowest BCUT2D eigenvalue weighted by molar-refractivity contribution is 0.100. The van der Waals surface area contributed by atoms with Crippen molar-refractivity contribution < 1.29 is 17.9 Å². The predicted octanol–water partition coefficient (Wildman–Crippen LogP) is 3.70. The Hall–Kier alpha value is -3.59. The Morgan fingerprint density at radius 3 is 2.47 bits per heavy atom. The Labute approximate surface area is 186 Å². The third-order valence-corrected chi connectivity index (χ3v) is 6.27. The van der Waals surface area contributed by atoms with Gasteiger partial charge in [0, 0.05) is 18.0 Å². The number of carbonyl (C=O) groups excluding carboxylic acids is 1. The van der Waals surface area contributed by atoms with E-state index in [-0.39, 0.29) is 11.4 Å². The van der Waals surface area contributed by atoms with Crippen LogP contribution in [0.2, 0.25) is 0 Å². The van der Waals surface area contributed by atoms with Crippen molar-refractivity contribution in [1.29, 1.82) is 0 Å². The molecule has 9 heteroatoms. The lowest BCUT2D eigenvalue weighted by Crippen LogP contribution is -2.37. The zero-order chi connectivity index (χ0) is 23.0. The summed E-state index contributed by atoms with van der Waals surface area (Å²) >= 11 is 0. The Kier molecular flexibility index (Phi) is 5.52. The molecule has 2 heterocycles. The molecule has 0 unspecified atom stereocenters. The van der Waals surface area contributed by atoms with Crippen molar-refractivity contribution in [2.45, 2.75) is 20.5 Å². The maximum absolute atomic E-state index is 13.3. The number of ether oxygens (including phenoxy) is 1. The van der Waals surface area contributed by atoms with Gasteiger partial charge in [-0.15, -0.1) is 0 Å². The van der Waals surface area contributed by atoms with Gasteiger partial charge in [-0.25, -0.2) is 8.42 Å². The molecule has 2 aromatic carbocycles. The zero-order valence-electron chi connectivity index (χ0n) is 18.3. The number of amides is 1. The smallest absolute Gasteiger partial charge is 0.288 e. The summed E-state index contributed by atoms with van der Waals surface area (Å²) in [6, 6.07) is 16.9. The van der Waals surface area contributed by atoms with Gasteiger partial charge in [0.15, 0.2) is 0 Å². The van der Waals surface area contributed by atoms with E-state index in [1.807, 2.05) is 36.4 Å². The van der Waals surface area contributed by atoms with E-state index in [0.29, 0.717) is 29.3 Å². The van der Waals surface area contributed by atoms with E-state index in [4.69, 9.17) is 4.74 Å². The minimum atomic E-state index is -3.90. The summed E-state index contributed by atoms with van der Waals surface area (Å²) in [5, 5.41) is 5.00. The van der Waals surface area contributed by atoms with E-state index in [1.54, 1.807) is 43.8 Å². The van der Waals surface area contributed by atoms with Gasteiger partial charge in [0.25, 0.3) is 5.91 Å². The molecule has 166 valence electrons. The van der Waals surface area contributed by atoms with Crippen molar-refractivity contribution in [3.63, 3.8) is 0 Å². The number of nitrogens with one attached hydrogen (secondary N) is 1. The van der Waals surface area contributed by atoms with Gasteiger partial charge in [0.05, 0.1) is 17.6 Å². The fourth-order valence-electron chi connectivity index (χ4n) is 3.64. The van der Waals surface area contributed by atoms with Crippen LogP contribution in [0.5, 0.6) is 5.75 Å². The normalized spacial score (nSPS) is 11.6. The topological polar surface area (TPSA) is 97.3 Å². The number of hydrogen-bond acceptors (Lipinski definition) is 5. The lowest BCUT2D eigenvalue weighted by atomic mass is 10.2. The van der Waals surface area contributed by atoms with Gasteiger partial charge in [0.1, 0.15) is 23.7 Å². The van der Waals surface area contributed by atoms with E-state index >= 15 is 0 Å². The molecule has 0 fully saturated rings. The van der Waals surface area contributed by atoms with Crippen molar-refractivity contribution in [2.24, 2.45) is 7.05 Å². The standard InChI is InChI=1S/C23H24N4O4S/c1-15-22(16(2)26(3)25-15)27(32(4,29)30)23(28)21-13-18-12-19(10-11-20(18)24-21)31-14-17-8-6-5-7-9-17/h5-13,24H,14H2,1-4H3. The molecule has 4 aromatic rings. The highest BCUT2D eigenvalue weighted by Crippen LogP contribution is 2.29. The Morgan fingerprint density at radius 1 is 1.12 bits per heavy atom.